The molecule has 0 aromatic heterocycles. The topological polar surface area (TPSA) is 295 Å². The molecule has 16 nitrogen and oxygen atoms in total. The number of carboxylic acid groups (broad SMARTS) is 2. The molecule has 4 amide bonds. The van der Waals surface area contributed by atoms with Gasteiger partial charge < -0.3 is 49.1 Å². The van der Waals surface area contributed by atoms with Crippen LogP contribution in [0.15, 0.2) is 4.99 Å². The van der Waals surface area contributed by atoms with Crippen LogP contribution in [0.4, 0.5) is 0 Å². The van der Waals surface area contributed by atoms with Crippen LogP contribution in [-0.4, -0.2) is 82.5 Å². The second-order valence-electron chi connectivity index (χ2n) is 8.68. The van der Waals surface area contributed by atoms with Crippen molar-refractivity contribution in [2.45, 2.75) is 76.5 Å². The van der Waals surface area contributed by atoms with Gasteiger partial charge in [-0.3, -0.25) is 29.0 Å². The first-order valence-corrected chi connectivity index (χ1v) is 11.6. The number of hydrogen-bond acceptors (Lipinski definition) is 8. The van der Waals surface area contributed by atoms with E-state index in [1.807, 2.05) is 0 Å². The molecule has 16 heteroatoms. The van der Waals surface area contributed by atoms with Gasteiger partial charge in [0.05, 0.1) is 6.04 Å². The molecule has 4 unspecified atom stereocenters. The van der Waals surface area contributed by atoms with Crippen LogP contribution in [0.3, 0.4) is 0 Å². The quantitative estimate of drug-likeness (QED) is 0.0480. The molecule has 0 aliphatic heterocycles. The van der Waals surface area contributed by atoms with Gasteiger partial charge >= 0.3 is 11.9 Å². The number of primary amides is 1. The SMILES string of the molecule is CC(C)C(NC(=O)C(CCC(=O)O)NC(=O)C(N)CCC(N)=O)C(=O)NC(CCCN=C(N)N)C(=O)O. The molecule has 0 rings (SSSR count). The molecule has 0 bridgehead atoms. The first kappa shape index (κ1) is 33.0. The zero-order valence-electron chi connectivity index (χ0n) is 20.9. The van der Waals surface area contributed by atoms with Crippen LogP contribution in [0.5, 0.6) is 0 Å². The Morgan fingerprint density at radius 2 is 1.38 bits per heavy atom. The lowest BCUT2D eigenvalue weighted by molar-refractivity contribution is -0.142. The zero-order chi connectivity index (χ0) is 28.7. The Kier molecular flexibility index (Phi) is 14.9. The molecule has 0 spiro atoms. The summed E-state index contributed by atoms with van der Waals surface area (Å²) >= 11 is 0. The van der Waals surface area contributed by atoms with Crippen molar-refractivity contribution in [3.05, 3.63) is 0 Å². The molecule has 0 radical (unpaired) electrons. The molecular formula is C21H38N8O8. The van der Waals surface area contributed by atoms with Crippen LogP contribution in [0.1, 0.15) is 52.4 Å². The van der Waals surface area contributed by atoms with Gasteiger partial charge in [-0.05, 0) is 31.6 Å². The van der Waals surface area contributed by atoms with E-state index in [2.05, 4.69) is 20.9 Å². The summed E-state index contributed by atoms with van der Waals surface area (Å²) in [5.74, 6) is -6.35. The van der Waals surface area contributed by atoms with Crippen LogP contribution in [0.25, 0.3) is 0 Å². The van der Waals surface area contributed by atoms with Crippen molar-refractivity contribution in [2.24, 2.45) is 33.8 Å². The molecule has 0 heterocycles. The summed E-state index contributed by atoms with van der Waals surface area (Å²) < 4.78 is 0. The van der Waals surface area contributed by atoms with Crippen molar-refractivity contribution in [3.8, 4) is 0 Å². The number of rotatable bonds is 18. The summed E-state index contributed by atoms with van der Waals surface area (Å²) in [6, 6.07) is -5.05. The Bertz CT molecular complexity index is 859. The molecule has 0 saturated carbocycles. The third kappa shape index (κ3) is 14.3. The number of hydrogen-bond donors (Lipinski definition) is 9. The van der Waals surface area contributed by atoms with E-state index in [4.69, 9.17) is 28.0 Å². The molecule has 0 aromatic rings. The van der Waals surface area contributed by atoms with Crippen molar-refractivity contribution >= 4 is 41.5 Å². The second kappa shape index (κ2) is 16.7. The fraction of sp³-hybridized carbons (Fsp3) is 0.667. The number of carbonyl (C=O) groups excluding carboxylic acids is 4. The van der Waals surface area contributed by atoms with E-state index in [-0.39, 0.29) is 44.6 Å². The Hall–Kier alpha value is -3.95. The van der Waals surface area contributed by atoms with Gasteiger partial charge in [0.2, 0.25) is 23.6 Å². The minimum Gasteiger partial charge on any atom is -0.481 e. The summed E-state index contributed by atoms with van der Waals surface area (Å²) in [7, 11) is 0. The molecule has 37 heavy (non-hydrogen) atoms. The van der Waals surface area contributed by atoms with Crippen LogP contribution in [0, 0.1) is 5.92 Å². The average Bonchev–Trinajstić information content (AvgIpc) is 2.79. The number of aliphatic imine (C=N–C) groups is 1. The molecule has 0 aliphatic rings. The smallest absolute Gasteiger partial charge is 0.326 e. The highest BCUT2D eigenvalue weighted by Crippen LogP contribution is 2.08. The lowest BCUT2D eigenvalue weighted by atomic mass is 10.0. The van der Waals surface area contributed by atoms with E-state index in [1.54, 1.807) is 13.8 Å². The Labute approximate surface area is 214 Å². The van der Waals surface area contributed by atoms with E-state index < -0.39 is 72.1 Å². The second-order valence-corrected chi connectivity index (χ2v) is 8.68. The summed E-state index contributed by atoms with van der Waals surface area (Å²) in [4.78, 5) is 75.4. The predicted octanol–water partition coefficient (Wildman–Crippen LogP) is -3.31. The van der Waals surface area contributed by atoms with Gasteiger partial charge in [-0.1, -0.05) is 13.8 Å². The molecule has 0 saturated heterocycles. The molecule has 0 aliphatic carbocycles. The number of nitrogens with two attached hydrogens (primary N) is 4. The molecule has 210 valence electrons. The normalized spacial score (nSPS) is 13.9. The molecule has 0 aromatic carbocycles. The average molecular weight is 531 g/mol. The maximum absolute atomic E-state index is 12.9. The van der Waals surface area contributed by atoms with Gasteiger partial charge in [0.25, 0.3) is 0 Å². The highest BCUT2D eigenvalue weighted by molar-refractivity contribution is 5.94. The number of guanidine groups is 1. The third-order valence-corrected chi connectivity index (χ3v) is 5.13. The summed E-state index contributed by atoms with van der Waals surface area (Å²) in [5.41, 5.74) is 21.2. The van der Waals surface area contributed by atoms with Crippen molar-refractivity contribution < 1.29 is 39.0 Å². The highest BCUT2D eigenvalue weighted by Gasteiger charge is 2.32. The van der Waals surface area contributed by atoms with Gasteiger partial charge in [-0.15, -0.1) is 0 Å². The number of carbonyl (C=O) groups is 6. The summed E-state index contributed by atoms with van der Waals surface area (Å²) in [6.07, 6.45) is -0.795. The maximum Gasteiger partial charge on any atom is 0.326 e. The first-order chi connectivity index (χ1) is 17.1. The molecular weight excluding hydrogens is 492 g/mol. The fourth-order valence-electron chi connectivity index (χ4n) is 3.06. The number of nitrogens with one attached hydrogen (secondary N) is 3. The van der Waals surface area contributed by atoms with E-state index in [0.717, 1.165) is 0 Å². The largest absolute Gasteiger partial charge is 0.481 e. The predicted molar refractivity (Wildman–Crippen MR) is 131 cm³/mol. The van der Waals surface area contributed by atoms with Crippen LogP contribution < -0.4 is 38.9 Å². The van der Waals surface area contributed by atoms with Crippen LogP contribution in [-0.2, 0) is 28.8 Å². The van der Waals surface area contributed by atoms with E-state index in [9.17, 15) is 33.9 Å². The van der Waals surface area contributed by atoms with Crippen molar-refractivity contribution in [3.63, 3.8) is 0 Å². The Morgan fingerprint density at radius 1 is 0.784 bits per heavy atom. The van der Waals surface area contributed by atoms with Gasteiger partial charge in [0.1, 0.15) is 18.1 Å². The minimum absolute atomic E-state index is 0.0110. The third-order valence-electron chi connectivity index (χ3n) is 5.13. The van der Waals surface area contributed by atoms with Crippen molar-refractivity contribution in [1.82, 2.24) is 16.0 Å². The van der Waals surface area contributed by atoms with Gasteiger partial charge in [0.15, 0.2) is 5.96 Å². The summed E-state index contributed by atoms with van der Waals surface area (Å²) in [5, 5.41) is 25.6. The number of nitrogens with zero attached hydrogens (tertiary/aromatic N) is 1. The lowest BCUT2D eigenvalue weighted by Gasteiger charge is -2.27. The molecule has 13 N–H and O–H groups in total. The Balaban J connectivity index is 5.43. The molecule has 4 atom stereocenters. The first-order valence-electron chi connectivity index (χ1n) is 11.6. The Morgan fingerprint density at radius 3 is 1.86 bits per heavy atom. The number of amides is 4. The van der Waals surface area contributed by atoms with Crippen molar-refractivity contribution in [1.29, 1.82) is 0 Å². The van der Waals surface area contributed by atoms with Gasteiger partial charge in [-0.25, -0.2) is 4.79 Å². The maximum atomic E-state index is 12.9. The zero-order valence-corrected chi connectivity index (χ0v) is 20.9. The van der Waals surface area contributed by atoms with Gasteiger partial charge in [-0.2, -0.15) is 0 Å². The van der Waals surface area contributed by atoms with Crippen LogP contribution in [0.2, 0.25) is 0 Å². The van der Waals surface area contributed by atoms with E-state index >= 15 is 0 Å². The van der Waals surface area contributed by atoms with E-state index in [0.29, 0.717) is 0 Å². The van der Waals surface area contributed by atoms with Gasteiger partial charge in [0, 0.05) is 19.4 Å². The molecule has 0 fully saturated rings. The number of aliphatic carboxylic acids is 2. The monoisotopic (exact) mass is 530 g/mol. The minimum atomic E-state index is -1.37. The van der Waals surface area contributed by atoms with Crippen molar-refractivity contribution in [2.75, 3.05) is 6.54 Å². The van der Waals surface area contributed by atoms with E-state index in [1.165, 1.54) is 0 Å². The van der Waals surface area contributed by atoms with Crippen LogP contribution >= 0.6 is 0 Å². The lowest BCUT2D eigenvalue weighted by Crippen LogP contribution is -2.58. The standard InChI is InChI=1S/C21H38N8O8/c1-10(2)16(19(35)28-13(20(36)37)4-3-9-26-21(24)25)29-18(34)12(6-8-15(31)32)27-17(33)11(22)5-7-14(23)30/h10-13,16H,3-9,22H2,1-2H3,(H2,23,30)(H,27,33)(H,28,35)(H,29,34)(H,31,32)(H,36,37)(H4,24,25,26). The highest BCUT2D eigenvalue weighted by atomic mass is 16.4. The fourth-order valence-corrected chi connectivity index (χ4v) is 3.06. The summed E-state index contributed by atoms with van der Waals surface area (Å²) in [6.45, 7) is 3.35. The number of carboxylic acids is 2.